The Labute approximate surface area is 130 Å². The zero-order chi connectivity index (χ0) is 15.7. The lowest BCUT2D eigenvalue weighted by atomic mass is 9.29. The molecule has 8 heteroatoms. The Hall–Kier alpha value is -0.180. The molecule has 6 rings (SSSR count). The van der Waals surface area contributed by atoms with Gasteiger partial charge < -0.3 is 0 Å². The molecule has 0 aromatic carbocycles. The Morgan fingerprint density at radius 3 is 2.23 bits per heavy atom. The fourth-order valence-corrected chi connectivity index (χ4v) is 8.57. The van der Waals surface area contributed by atoms with Gasteiger partial charge in [-0.15, -0.1) is 0 Å². The lowest BCUT2D eigenvalue weighted by molar-refractivity contribution is -0.311. The van der Waals surface area contributed by atoms with Crippen LogP contribution < -0.4 is 0 Å². The van der Waals surface area contributed by atoms with Gasteiger partial charge in [-0.2, -0.15) is 16.8 Å². The van der Waals surface area contributed by atoms with Gasteiger partial charge in [0, 0.05) is 10.8 Å². The van der Waals surface area contributed by atoms with E-state index in [4.69, 9.17) is 8.37 Å². The normalized spacial score (nSPS) is 56.3. The first-order valence-corrected chi connectivity index (χ1v) is 11.4. The van der Waals surface area contributed by atoms with Crippen LogP contribution in [0.4, 0.5) is 0 Å². The molecule has 0 unspecified atom stereocenters. The lowest BCUT2D eigenvalue weighted by Gasteiger charge is -2.75. The predicted octanol–water partition coefficient (Wildman–Crippen LogP) is 0.457. The molecule has 6 nitrogen and oxygen atoms in total. The third kappa shape index (κ3) is 1.29. The van der Waals surface area contributed by atoms with Crippen molar-refractivity contribution in [1.29, 1.82) is 0 Å². The Kier molecular flexibility index (Phi) is 2.31. The highest BCUT2D eigenvalue weighted by molar-refractivity contribution is 7.86. The summed E-state index contributed by atoms with van der Waals surface area (Å²) in [5.74, 6) is 3.65. The van der Waals surface area contributed by atoms with E-state index in [9.17, 15) is 16.8 Å². The molecule has 4 bridgehead atoms. The maximum absolute atomic E-state index is 11.5. The molecule has 0 aliphatic heterocycles. The molecule has 22 heavy (non-hydrogen) atoms. The van der Waals surface area contributed by atoms with Gasteiger partial charge in [-0.1, -0.05) is 0 Å². The Morgan fingerprint density at radius 1 is 0.955 bits per heavy atom. The average Bonchev–Trinajstić information content (AvgIpc) is 2.82. The van der Waals surface area contributed by atoms with Crippen LogP contribution in [0.25, 0.3) is 0 Å². The van der Waals surface area contributed by atoms with Crippen molar-refractivity contribution in [3.05, 3.63) is 0 Å². The lowest BCUT2D eigenvalue weighted by Crippen LogP contribution is -2.76. The standard InChI is InChI=1S/C14H20O6S2/c1-21(15,16)19-5-13-4-8-9-3-7-10(8)12(13)11(7)14(9,13)6-20-22(2,17)18/h7-12H,3-6H2,1-2H3/t7-,8-,9+,10-,11+,12+,13-,14-/m1/s1. The number of hydrogen-bond acceptors (Lipinski definition) is 6. The SMILES string of the molecule is CS(=O)(=O)OC[C@@]12C[C@H]3[C@H]4[C@H]5C[C@@H]3[C@]1(COS(C)(=O)=O)[C@@H]5[C@H]42. The van der Waals surface area contributed by atoms with Gasteiger partial charge in [-0.05, 0) is 48.3 Å². The van der Waals surface area contributed by atoms with Gasteiger partial charge in [0.15, 0.2) is 0 Å². The van der Waals surface area contributed by atoms with E-state index in [1.54, 1.807) is 0 Å². The van der Waals surface area contributed by atoms with Gasteiger partial charge in [0.25, 0.3) is 20.2 Å². The molecule has 6 aliphatic carbocycles. The van der Waals surface area contributed by atoms with Gasteiger partial charge >= 0.3 is 0 Å². The topological polar surface area (TPSA) is 86.7 Å². The second-order valence-corrected chi connectivity index (χ2v) is 11.4. The Morgan fingerprint density at radius 2 is 1.59 bits per heavy atom. The van der Waals surface area contributed by atoms with E-state index in [-0.39, 0.29) is 24.0 Å². The number of hydrogen-bond donors (Lipinski definition) is 0. The van der Waals surface area contributed by atoms with Crippen LogP contribution in [-0.4, -0.2) is 42.6 Å². The van der Waals surface area contributed by atoms with Gasteiger partial charge in [-0.25, -0.2) is 0 Å². The molecule has 0 saturated heterocycles. The van der Waals surface area contributed by atoms with Crippen molar-refractivity contribution in [2.24, 2.45) is 46.3 Å². The molecule has 0 spiro atoms. The van der Waals surface area contributed by atoms with E-state index < -0.39 is 20.2 Å². The third-order valence-electron chi connectivity index (χ3n) is 7.76. The molecule has 0 aromatic rings. The van der Waals surface area contributed by atoms with Gasteiger partial charge in [0.05, 0.1) is 25.7 Å². The van der Waals surface area contributed by atoms with E-state index in [1.165, 1.54) is 6.42 Å². The summed E-state index contributed by atoms with van der Waals surface area (Å²) in [6.45, 7) is 0.418. The van der Waals surface area contributed by atoms with Crippen molar-refractivity contribution < 1.29 is 25.2 Å². The summed E-state index contributed by atoms with van der Waals surface area (Å²) in [6.07, 6.45) is 4.32. The van der Waals surface area contributed by atoms with Gasteiger partial charge in [0.1, 0.15) is 0 Å². The molecule has 124 valence electrons. The quantitative estimate of drug-likeness (QED) is 0.648. The van der Waals surface area contributed by atoms with Crippen molar-refractivity contribution in [1.82, 2.24) is 0 Å². The van der Waals surface area contributed by atoms with Crippen LogP contribution in [0.1, 0.15) is 12.8 Å². The molecule has 0 heterocycles. The highest BCUT2D eigenvalue weighted by Gasteiger charge is 2.95. The van der Waals surface area contributed by atoms with Crippen molar-refractivity contribution in [3.8, 4) is 0 Å². The molecule has 6 saturated carbocycles. The van der Waals surface area contributed by atoms with Crippen LogP contribution in [0.2, 0.25) is 0 Å². The summed E-state index contributed by atoms with van der Waals surface area (Å²) < 4.78 is 56.2. The minimum atomic E-state index is -3.48. The largest absolute Gasteiger partial charge is 0.270 e. The summed E-state index contributed by atoms with van der Waals surface area (Å²) in [5.41, 5.74) is -0.325. The fourth-order valence-electron chi connectivity index (χ4n) is 7.74. The first kappa shape index (κ1) is 14.2. The highest BCUT2D eigenvalue weighted by Crippen LogP contribution is 2.97. The maximum Gasteiger partial charge on any atom is 0.264 e. The van der Waals surface area contributed by atoms with Crippen molar-refractivity contribution in [3.63, 3.8) is 0 Å². The van der Waals surface area contributed by atoms with Crippen LogP contribution >= 0.6 is 0 Å². The van der Waals surface area contributed by atoms with Gasteiger partial charge in [-0.3, -0.25) is 8.37 Å². The van der Waals surface area contributed by atoms with E-state index in [1.807, 2.05) is 0 Å². The van der Waals surface area contributed by atoms with Gasteiger partial charge in [0.2, 0.25) is 0 Å². The first-order chi connectivity index (χ1) is 10.1. The van der Waals surface area contributed by atoms with E-state index >= 15 is 0 Å². The molecular weight excluding hydrogens is 328 g/mol. The zero-order valence-electron chi connectivity index (χ0n) is 12.6. The van der Waals surface area contributed by atoms with Crippen LogP contribution in [0.15, 0.2) is 0 Å². The second kappa shape index (κ2) is 3.58. The molecule has 0 N–H and O–H groups in total. The molecule has 8 atom stereocenters. The van der Waals surface area contributed by atoms with Crippen LogP contribution in [-0.2, 0) is 28.6 Å². The highest BCUT2D eigenvalue weighted by atomic mass is 32.2. The second-order valence-electron chi connectivity index (χ2n) is 8.13. The Balaban J connectivity index is 1.50. The summed E-state index contributed by atoms with van der Waals surface area (Å²) in [6, 6.07) is 0. The predicted molar refractivity (Wildman–Crippen MR) is 76.6 cm³/mol. The third-order valence-corrected chi connectivity index (χ3v) is 8.85. The van der Waals surface area contributed by atoms with Crippen molar-refractivity contribution >= 4 is 20.2 Å². The van der Waals surface area contributed by atoms with E-state index in [0.29, 0.717) is 23.7 Å². The van der Waals surface area contributed by atoms with Crippen LogP contribution in [0.5, 0.6) is 0 Å². The molecular formula is C14H20O6S2. The monoisotopic (exact) mass is 348 g/mol. The summed E-state index contributed by atoms with van der Waals surface area (Å²) in [7, 11) is -6.96. The minimum absolute atomic E-state index is 0.157. The van der Waals surface area contributed by atoms with Crippen molar-refractivity contribution in [2.45, 2.75) is 12.8 Å². The fraction of sp³-hybridized carbons (Fsp3) is 1.00. The average molecular weight is 348 g/mol. The zero-order valence-corrected chi connectivity index (χ0v) is 14.2. The first-order valence-electron chi connectivity index (χ1n) is 7.80. The van der Waals surface area contributed by atoms with E-state index in [2.05, 4.69) is 0 Å². The van der Waals surface area contributed by atoms with E-state index in [0.717, 1.165) is 30.8 Å². The number of rotatable bonds is 6. The maximum atomic E-state index is 11.5. The minimum Gasteiger partial charge on any atom is -0.270 e. The molecule has 6 aliphatic rings. The molecule has 0 radical (unpaired) electrons. The van der Waals surface area contributed by atoms with Crippen LogP contribution in [0, 0.1) is 46.3 Å². The van der Waals surface area contributed by atoms with Crippen molar-refractivity contribution in [2.75, 3.05) is 25.7 Å². The van der Waals surface area contributed by atoms with Crippen LogP contribution in [0.3, 0.4) is 0 Å². The Bertz CT molecular complexity index is 773. The molecule has 0 amide bonds. The summed E-state index contributed by atoms with van der Waals surface area (Å²) >= 11 is 0. The summed E-state index contributed by atoms with van der Waals surface area (Å²) in [4.78, 5) is 0. The smallest absolute Gasteiger partial charge is 0.264 e. The molecule has 0 aromatic heterocycles. The molecule has 6 fully saturated rings. The summed E-state index contributed by atoms with van der Waals surface area (Å²) in [5, 5.41) is 0.